The molecule has 140 valence electrons. The Kier molecular flexibility index (Phi) is 6.00. The summed E-state index contributed by atoms with van der Waals surface area (Å²) in [5.74, 6) is 0.414. The maximum atomic E-state index is 14.3. The molecule has 0 bridgehead atoms. The van der Waals surface area contributed by atoms with E-state index in [1.807, 2.05) is 67.6 Å². The van der Waals surface area contributed by atoms with Crippen LogP contribution in [0.15, 0.2) is 78.9 Å². The quantitative estimate of drug-likeness (QED) is 0.616. The van der Waals surface area contributed by atoms with E-state index in [-0.39, 0.29) is 12.4 Å². The lowest BCUT2D eigenvalue weighted by Crippen LogP contribution is -2.25. The molecule has 0 fully saturated rings. The first-order chi connectivity index (χ1) is 13.1. The van der Waals surface area contributed by atoms with Gasteiger partial charge in [-0.15, -0.1) is 0 Å². The molecular weight excluding hydrogens is 359 g/mol. The van der Waals surface area contributed by atoms with Gasteiger partial charge in [0.25, 0.3) is 0 Å². The van der Waals surface area contributed by atoms with Crippen LogP contribution in [0.25, 0.3) is 0 Å². The Morgan fingerprint density at radius 1 is 0.926 bits per heavy atom. The van der Waals surface area contributed by atoms with E-state index in [4.69, 9.17) is 4.74 Å². The summed E-state index contributed by atoms with van der Waals surface area (Å²) in [5.41, 5.74) is 0. The smallest absolute Gasteiger partial charge is 0.174 e. The molecule has 0 aromatic heterocycles. The molecule has 27 heavy (non-hydrogen) atoms. The molecular formula is C22H23O4P. The molecule has 0 aliphatic carbocycles. The Morgan fingerprint density at radius 2 is 1.48 bits per heavy atom. The van der Waals surface area contributed by atoms with Crippen LogP contribution in [0.2, 0.25) is 0 Å². The molecule has 0 spiro atoms. The van der Waals surface area contributed by atoms with E-state index in [1.165, 1.54) is 6.07 Å². The molecule has 0 saturated carbocycles. The maximum absolute atomic E-state index is 14.3. The third-order valence-electron chi connectivity index (χ3n) is 4.44. The van der Waals surface area contributed by atoms with Crippen molar-refractivity contribution < 1.29 is 19.5 Å². The summed E-state index contributed by atoms with van der Waals surface area (Å²) in [6.07, 6.45) is 0.00888. The third-order valence-corrected chi connectivity index (χ3v) is 7.53. The van der Waals surface area contributed by atoms with Crippen molar-refractivity contribution in [3.05, 3.63) is 78.9 Å². The normalized spacial score (nSPS) is 12.5. The van der Waals surface area contributed by atoms with Gasteiger partial charge in [-0.3, -0.25) is 0 Å². The number of hydrogen-bond donors (Lipinski definition) is 2. The van der Waals surface area contributed by atoms with Crippen LogP contribution in [-0.4, -0.2) is 22.9 Å². The zero-order chi connectivity index (χ0) is 19.3. The number of rotatable bonds is 7. The Balaban J connectivity index is 2.12. The zero-order valence-corrected chi connectivity index (χ0v) is 16.0. The molecule has 0 aliphatic rings. The highest BCUT2D eigenvalue weighted by molar-refractivity contribution is 7.85. The first-order valence-electron chi connectivity index (χ1n) is 8.91. The number of aliphatic hydroxyl groups is 1. The minimum Gasteiger partial charge on any atom is -0.507 e. The van der Waals surface area contributed by atoms with Crippen LogP contribution in [0, 0.1) is 0 Å². The SMILES string of the molecule is CCC(O)COc1ccc(O)c(P(=O)(c2ccccc2)c2ccccc2)c1. The highest BCUT2D eigenvalue weighted by Gasteiger charge is 2.32. The molecule has 1 unspecified atom stereocenters. The fourth-order valence-electron chi connectivity index (χ4n) is 2.86. The van der Waals surface area contributed by atoms with Gasteiger partial charge in [0.2, 0.25) is 0 Å². The zero-order valence-electron chi connectivity index (χ0n) is 15.2. The molecule has 3 aromatic carbocycles. The topological polar surface area (TPSA) is 66.8 Å². The molecule has 4 nitrogen and oxygen atoms in total. The Hall–Kier alpha value is -2.55. The van der Waals surface area contributed by atoms with E-state index >= 15 is 0 Å². The largest absolute Gasteiger partial charge is 0.507 e. The van der Waals surface area contributed by atoms with Crippen LogP contribution in [0.3, 0.4) is 0 Å². The minimum atomic E-state index is -3.29. The third kappa shape index (κ3) is 4.08. The molecule has 0 radical (unpaired) electrons. The summed E-state index contributed by atoms with van der Waals surface area (Å²) in [5, 5.41) is 21.9. The van der Waals surface area contributed by atoms with Gasteiger partial charge in [0.15, 0.2) is 7.14 Å². The summed E-state index contributed by atoms with van der Waals surface area (Å²) in [4.78, 5) is 0. The van der Waals surface area contributed by atoms with Crippen LogP contribution >= 0.6 is 7.14 Å². The van der Waals surface area contributed by atoms with E-state index in [0.717, 1.165) is 0 Å². The van der Waals surface area contributed by atoms with Gasteiger partial charge in [-0.05, 0) is 24.6 Å². The highest BCUT2D eigenvalue weighted by atomic mass is 31.2. The van der Waals surface area contributed by atoms with Gasteiger partial charge in [0.1, 0.15) is 18.1 Å². The van der Waals surface area contributed by atoms with Crippen molar-refractivity contribution in [3.8, 4) is 11.5 Å². The molecule has 3 rings (SSSR count). The van der Waals surface area contributed by atoms with Crippen LogP contribution in [-0.2, 0) is 4.57 Å². The number of aromatic hydroxyl groups is 1. The summed E-state index contributed by atoms with van der Waals surface area (Å²) >= 11 is 0. The molecule has 5 heteroatoms. The monoisotopic (exact) mass is 382 g/mol. The van der Waals surface area contributed by atoms with Crippen molar-refractivity contribution in [2.24, 2.45) is 0 Å². The summed E-state index contributed by atoms with van der Waals surface area (Å²) in [6, 6.07) is 23.0. The lowest BCUT2D eigenvalue weighted by Gasteiger charge is -2.21. The average molecular weight is 382 g/mol. The highest BCUT2D eigenvalue weighted by Crippen LogP contribution is 2.45. The Morgan fingerprint density at radius 3 is 2.00 bits per heavy atom. The fraction of sp³-hybridized carbons (Fsp3) is 0.182. The summed E-state index contributed by atoms with van der Waals surface area (Å²) < 4.78 is 20.0. The van der Waals surface area contributed by atoms with Gasteiger partial charge in [-0.25, -0.2) is 0 Å². The standard InChI is InChI=1S/C22H23O4P/c1-2-17(23)16-26-18-13-14-21(24)22(15-18)27(25,19-9-5-3-6-10-19)20-11-7-4-8-12-20/h3-15,17,23-24H,2,16H2,1H3. The fourth-order valence-corrected chi connectivity index (χ4v) is 5.60. The van der Waals surface area contributed by atoms with Gasteiger partial charge >= 0.3 is 0 Å². The Labute approximate surface area is 159 Å². The van der Waals surface area contributed by atoms with Crippen molar-refractivity contribution >= 4 is 23.1 Å². The van der Waals surface area contributed by atoms with Crippen molar-refractivity contribution in [2.75, 3.05) is 6.61 Å². The van der Waals surface area contributed by atoms with Crippen LogP contribution < -0.4 is 20.7 Å². The molecule has 0 saturated heterocycles. The second-order valence-electron chi connectivity index (χ2n) is 6.30. The molecule has 0 amide bonds. The Bertz CT molecular complexity index is 882. The van der Waals surface area contributed by atoms with Gasteiger partial charge in [-0.2, -0.15) is 0 Å². The van der Waals surface area contributed by atoms with E-state index in [9.17, 15) is 14.8 Å². The first-order valence-corrected chi connectivity index (χ1v) is 10.6. The predicted octanol–water partition coefficient (Wildman–Crippen LogP) is 3.18. The van der Waals surface area contributed by atoms with Crippen LogP contribution in [0.4, 0.5) is 0 Å². The van der Waals surface area contributed by atoms with Gasteiger partial charge in [-0.1, -0.05) is 67.6 Å². The van der Waals surface area contributed by atoms with Gasteiger partial charge < -0.3 is 19.5 Å². The number of ether oxygens (including phenoxy) is 1. The van der Waals surface area contributed by atoms with Gasteiger partial charge in [0, 0.05) is 10.6 Å². The number of benzene rings is 3. The first kappa shape index (κ1) is 19.2. The second kappa shape index (κ2) is 8.43. The lowest BCUT2D eigenvalue weighted by molar-refractivity contribution is 0.104. The predicted molar refractivity (Wildman–Crippen MR) is 109 cm³/mol. The van der Waals surface area contributed by atoms with Crippen molar-refractivity contribution in [1.29, 1.82) is 0 Å². The van der Waals surface area contributed by atoms with Crippen molar-refractivity contribution in [2.45, 2.75) is 19.4 Å². The van der Waals surface area contributed by atoms with Crippen LogP contribution in [0.5, 0.6) is 11.5 Å². The van der Waals surface area contributed by atoms with Crippen molar-refractivity contribution in [3.63, 3.8) is 0 Å². The van der Waals surface area contributed by atoms with E-state index in [2.05, 4.69) is 0 Å². The summed E-state index contributed by atoms with van der Waals surface area (Å²) in [7, 11) is -3.29. The van der Waals surface area contributed by atoms with Crippen LogP contribution in [0.1, 0.15) is 13.3 Å². The minimum absolute atomic E-state index is 0.0468. The number of phenolic OH excluding ortho intramolecular Hbond substituents is 1. The van der Waals surface area contributed by atoms with E-state index < -0.39 is 13.2 Å². The molecule has 2 N–H and O–H groups in total. The van der Waals surface area contributed by atoms with E-state index in [1.54, 1.807) is 12.1 Å². The second-order valence-corrected chi connectivity index (χ2v) is 9.04. The van der Waals surface area contributed by atoms with E-state index in [0.29, 0.717) is 28.1 Å². The number of hydrogen-bond acceptors (Lipinski definition) is 4. The van der Waals surface area contributed by atoms with Gasteiger partial charge in [0.05, 0.1) is 11.4 Å². The van der Waals surface area contributed by atoms with Crippen molar-refractivity contribution in [1.82, 2.24) is 0 Å². The maximum Gasteiger partial charge on any atom is 0.174 e. The molecule has 3 aromatic rings. The average Bonchev–Trinajstić information content (AvgIpc) is 2.73. The molecule has 0 heterocycles. The molecule has 1 atom stereocenters. The summed E-state index contributed by atoms with van der Waals surface area (Å²) in [6.45, 7) is 2.01. The molecule has 0 aliphatic heterocycles. The number of aliphatic hydroxyl groups excluding tert-OH is 1. The number of phenols is 1. The lowest BCUT2D eigenvalue weighted by atomic mass is 10.3.